The molecular weight excluding hydrogens is 400 g/mol. The number of hydrogen-bond acceptors (Lipinski definition) is 4. The van der Waals surface area contributed by atoms with Gasteiger partial charge in [0.1, 0.15) is 0 Å². The van der Waals surface area contributed by atoms with E-state index >= 15 is 0 Å². The van der Waals surface area contributed by atoms with Crippen molar-refractivity contribution in [2.45, 2.75) is 45.6 Å². The highest BCUT2D eigenvalue weighted by Crippen LogP contribution is 2.24. The highest BCUT2D eigenvalue weighted by molar-refractivity contribution is 7.92. The zero-order valence-electron chi connectivity index (χ0n) is 17.6. The van der Waals surface area contributed by atoms with Crippen LogP contribution in [0.4, 0.5) is 11.4 Å². The Morgan fingerprint density at radius 2 is 1.63 bits per heavy atom. The summed E-state index contributed by atoms with van der Waals surface area (Å²) in [5.74, 6) is -0.160. The van der Waals surface area contributed by atoms with Crippen molar-refractivity contribution in [3.05, 3.63) is 71.0 Å². The molecule has 30 heavy (non-hydrogen) atoms. The molecule has 3 rings (SSSR count). The maximum atomic E-state index is 12.7. The molecule has 0 radical (unpaired) electrons. The van der Waals surface area contributed by atoms with Crippen molar-refractivity contribution in [2.24, 2.45) is 0 Å². The third-order valence-corrected chi connectivity index (χ3v) is 6.19. The number of aromatic nitrogens is 2. The molecule has 0 spiro atoms. The summed E-state index contributed by atoms with van der Waals surface area (Å²) in [6.07, 6.45) is 0.274. The number of rotatable bonds is 7. The second-order valence-corrected chi connectivity index (χ2v) is 9.03. The average molecular weight is 427 g/mol. The van der Waals surface area contributed by atoms with Crippen LogP contribution in [0.1, 0.15) is 28.9 Å². The maximum absolute atomic E-state index is 12.7. The van der Waals surface area contributed by atoms with Gasteiger partial charge in [-0.05, 0) is 69.2 Å². The number of sulfonamides is 1. The van der Waals surface area contributed by atoms with Gasteiger partial charge in [0.15, 0.2) is 0 Å². The molecule has 3 aromatic rings. The lowest BCUT2D eigenvalue weighted by Gasteiger charge is -2.13. The van der Waals surface area contributed by atoms with Gasteiger partial charge in [-0.3, -0.25) is 14.2 Å². The summed E-state index contributed by atoms with van der Waals surface area (Å²) >= 11 is 0. The quantitative estimate of drug-likeness (QED) is 0.598. The zero-order valence-corrected chi connectivity index (χ0v) is 18.4. The Labute approximate surface area is 177 Å². The number of carbonyl (C=O) groups is 1. The Morgan fingerprint density at radius 1 is 1.00 bits per heavy atom. The molecule has 8 heteroatoms. The SMILES string of the molecule is Cc1cc(C)n(CCC(=O)Nc2ccc(S(=O)(=O)Nc3c(C)cccc3C)cc2)n1. The number of nitrogens with one attached hydrogen (secondary N) is 2. The van der Waals surface area contributed by atoms with Crippen LogP contribution in [0.5, 0.6) is 0 Å². The van der Waals surface area contributed by atoms with E-state index in [1.165, 1.54) is 12.1 Å². The lowest BCUT2D eigenvalue weighted by Crippen LogP contribution is -2.16. The summed E-state index contributed by atoms with van der Waals surface area (Å²) in [6.45, 7) is 8.06. The van der Waals surface area contributed by atoms with Crippen LogP contribution in [-0.4, -0.2) is 24.1 Å². The highest BCUT2D eigenvalue weighted by Gasteiger charge is 2.16. The van der Waals surface area contributed by atoms with E-state index in [1.807, 2.05) is 52.0 Å². The number of carbonyl (C=O) groups excluding carboxylic acids is 1. The molecule has 1 aromatic heterocycles. The number of amides is 1. The van der Waals surface area contributed by atoms with Gasteiger partial charge in [-0.15, -0.1) is 0 Å². The van der Waals surface area contributed by atoms with Gasteiger partial charge in [0.05, 0.1) is 16.3 Å². The number of hydrogen-bond donors (Lipinski definition) is 2. The van der Waals surface area contributed by atoms with E-state index in [1.54, 1.807) is 16.8 Å². The zero-order chi connectivity index (χ0) is 21.9. The first-order chi connectivity index (χ1) is 14.2. The summed E-state index contributed by atoms with van der Waals surface area (Å²) < 4.78 is 29.9. The van der Waals surface area contributed by atoms with E-state index in [-0.39, 0.29) is 17.2 Å². The normalized spacial score (nSPS) is 11.3. The minimum absolute atomic E-state index is 0.130. The Bertz CT molecular complexity index is 1150. The molecule has 1 heterocycles. The van der Waals surface area contributed by atoms with Gasteiger partial charge in [-0.25, -0.2) is 8.42 Å². The number of anilines is 2. The molecule has 2 aromatic carbocycles. The standard InChI is InChI=1S/C22H26N4O3S/c1-15-6-5-7-16(2)22(15)25-30(28,29)20-10-8-19(9-11-20)23-21(27)12-13-26-18(4)14-17(3)24-26/h5-11,14,25H,12-13H2,1-4H3,(H,23,27). The summed E-state index contributed by atoms with van der Waals surface area (Å²) in [4.78, 5) is 12.3. The van der Waals surface area contributed by atoms with Crippen LogP contribution in [0.15, 0.2) is 53.4 Å². The molecule has 7 nitrogen and oxygen atoms in total. The van der Waals surface area contributed by atoms with E-state index in [9.17, 15) is 13.2 Å². The van der Waals surface area contributed by atoms with Crippen molar-refractivity contribution < 1.29 is 13.2 Å². The fourth-order valence-corrected chi connectivity index (χ4v) is 4.42. The van der Waals surface area contributed by atoms with Crippen LogP contribution in [0.25, 0.3) is 0 Å². The van der Waals surface area contributed by atoms with Gasteiger partial charge in [0.2, 0.25) is 5.91 Å². The molecule has 158 valence electrons. The van der Waals surface area contributed by atoms with Gasteiger partial charge in [-0.2, -0.15) is 5.10 Å². The van der Waals surface area contributed by atoms with Gasteiger partial charge in [0, 0.05) is 24.3 Å². The Hall–Kier alpha value is -3.13. The maximum Gasteiger partial charge on any atom is 0.261 e. The van der Waals surface area contributed by atoms with Crippen molar-refractivity contribution in [2.75, 3.05) is 10.0 Å². The largest absolute Gasteiger partial charge is 0.326 e. The predicted molar refractivity (Wildman–Crippen MR) is 118 cm³/mol. The van der Waals surface area contributed by atoms with Crippen molar-refractivity contribution >= 4 is 27.3 Å². The van der Waals surface area contributed by atoms with Crippen LogP contribution in [0, 0.1) is 27.7 Å². The molecule has 0 bridgehead atoms. The van der Waals surface area contributed by atoms with Gasteiger partial charge >= 0.3 is 0 Å². The van der Waals surface area contributed by atoms with Crippen LogP contribution >= 0.6 is 0 Å². The molecule has 1 amide bonds. The second-order valence-electron chi connectivity index (χ2n) is 7.35. The van der Waals surface area contributed by atoms with Crippen LogP contribution < -0.4 is 10.0 Å². The van der Waals surface area contributed by atoms with Crippen molar-refractivity contribution in [1.82, 2.24) is 9.78 Å². The Balaban J connectivity index is 1.64. The molecule has 0 saturated carbocycles. The van der Waals surface area contributed by atoms with E-state index in [2.05, 4.69) is 15.1 Å². The summed E-state index contributed by atoms with van der Waals surface area (Å²) in [7, 11) is -3.73. The summed E-state index contributed by atoms with van der Waals surface area (Å²) in [5, 5.41) is 7.13. The molecule has 0 atom stereocenters. The summed E-state index contributed by atoms with van der Waals surface area (Å²) in [5.41, 5.74) is 4.75. The number of para-hydroxylation sites is 1. The van der Waals surface area contributed by atoms with E-state index in [4.69, 9.17) is 0 Å². The number of aryl methyl sites for hydroxylation is 5. The van der Waals surface area contributed by atoms with E-state index in [0.717, 1.165) is 22.5 Å². The molecular formula is C22H26N4O3S. The predicted octanol–water partition coefficient (Wildman–Crippen LogP) is 3.95. The first-order valence-corrected chi connectivity index (χ1v) is 11.1. The van der Waals surface area contributed by atoms with Crippen molar-refractivity contribution in [3.8, 4) is 0 Å². The first kappa shape index (κ1) is 21.6. The smallest absolute Gasteiger partial charge is 0.261 e. The average Bonchev–Trinajstić information content (AvgIpc) is 3.01. The molecule has 0 saturated heterocycles. The summed E-state index contributed by atoms with van der Waals surface area (Å²) in [6, 6.07) is 13.7. The van der Waals surface area contributed by atoms with Crippen molar-refractivity contribution in [1.29, 1.82) is 0 Å². The fourth-order valence-electron chi connectivity index (χ4n) is 3.22. The molecule has 0 aliphatic carbocycles. The molecule has 2 N–H and O–H groups in total. The van der Waals surface area contributed by atoms with Crippen LogP contribution in [-0.2, 0) is 21.4 Å². The fraction of sp³-hybridized carbons (Fsp3) is 0.273. The molecule has 0 aliphatic rings. The monoisotopic (exact) mass is 426 g/mol. The Morgan fingerprint density at radius 3 is 2.20 bits per heavy atom. The first-order valence-electron chi connectivity index (χ1n) is 9.66. The van der Waals surface area contributed by atoms with Gasteiger partial charge in [0.25, 0.3) is 10.0 Å². The second kappa shape index (κ2) is 8.71. The highest BCUT2D eigenvalue weighted by atomic mass is 32.2. The third kappa shape index (κ3) is 5.07. The Kier molecular flexibility index (Phi) is 6.26. The minimum atomic E-state index is -3.73. The van der Waals surface area contributed by atoms with E-state index < -0.39 is 10.0 Å². The molecule has 0 aliphatic heterocycles. The van der Waals surface area contributed by atoms with Gasteiger partial charge in [-0.1, -0.05) is 18.2 Å². The number of benzene rings is 2. The van der Waals surface area contributed by atoms with Gasteiger partial charge < -0.3 is 5.32 Å². The minimum Gasteiger partial charge on any atom is -0.326 e. The molecule has 0 unspecified atom stereocenters. The molecule has 0 fully saturated rings. The number of nitrogens with zero attached hydrogens (tertiary/aromatic N) is 2. The van der Waals surface area contributed by atoms with Crippen LogP contribution in [0.3, 0.4) is 0 Å². The topological polar surface area (TPSA) is 93.1 Å². The lowest BCUT2D eigenvalue weighted by molar-refractivity contribution is -0.116. The lowest BCUT2D eigenvalue weighted by atomic mass is 10.1. The van der Waals surface area contributed by atoms with Crippen molar-refractivity contribution in [3.63, 3.8) is 0 Å². The van der Waals surface area contributed by atoms with Crippen LogP contribution in [0.2, 0.25) is 0 Å². The third-order valence-electron chi connectivity index (χ3n) is 4.82. The van der Waals surface area contributed by atoms with E-state index in [0.29, 0.717) is 17.9 Å².